The van der Waals surface area contributed by atoms with Gasteiger partial charge in [0.05, 0.1) is 28.0 Å². The first-order valence-corrected chi connectivity index (χ1v) is 12.8. The first kappa shape index (κ1) is 23.5. The Morgan fingerprint density at radius 3 is 2.81 bits per heavy atom. The van der Waals surface area contributed by atoms with E-state index < -0.39 is 17.4 Å². The van der Waals surface area contributed by atoms with Crippen molar-refractivity contribution in [3.63, 3.8) is 0 Å². The molecule has 2 N–H and O–H groups in total. The number of aromatic nitrogens is 2. The van der Waals surface area contributed by atoms with Crippen molar-refractivity contribution in [1.82, 2.24) is 10.1 Å². The van der Waals surface area contributed by atoms with Crippen molar-refractivity contribution in [3.8, 4) is 11.3 Å². The molecule has 0 saturated heterocycles. The van der Waals surface area contributed by atoms with Gasteiger partial charge in [0.25, 0.3) is 0 Å². The van der Waals surface area contributed by atoms with Crippen LogP contribution < -0.4 is 0 Å². The highest BCUT2D eigenvalue weighted by atomic mass is 35.5. The van der Waals surface area contributed by atoms with Crippen molar-refractivity contribution in [2.24, 2.45) is 0 Å². The molecule has 2 aliphatic rings. The van der Waals surface area contributed by atoms with E-state index in [4.69, 9.17) is 20.9 Å². The third-order valence-electron chi connectivity index (χ3n) is 6.91. The number of nitrogens with zero attached hydrogens (tertiary/aromatic N) is 2. The average Bonchev–Trinajstić information content (AvgIpc) is 3.41. The predicted octanol–water partition coefficient (Wildman–Crippen LogP) is 6.19. The molecule has 36 heavy (non-hydrogen) atoms. The van der Waals surface area contributed by atoms with Crippen molar-refractivity contribution in [1.29, 1.82) is 0 Å². The molecule has 2 saturated carbocycles. The normalized spacial score (nSPS) is 21.6. The maximum atomic E-state index is 14.4. The minimum atomic E-state index is -1.25. The lowest BCUT2D eigenvalue weighted by Gasteiger charge is -2.41. The highest BCUT2D eigenvalue weighted by molar-refractivity contribution is 7.18. The summed E-state index contributed by atoms with van der Waals surface area (Å²) < 4.78 is 26.7. The second-order valence-corrected chi connectivity index (χ2v) is 11.0. The van der Waals surface area contributed by atoms with Crippen LogP contribution in [0, 0.1) is 12.7 Å². The molecule has 0 spiro atoms. The Kier molecular flexibility index (Phi) is 5.64. The van der Waals surface area contributed by atoms with E-state index in [9.17, 15) is 19.4 Å². The number of carbonyl (C=O) groups is 1. The molecule has 2 aromatic heterocycles. The predicted molar refractivity (Wildman–Crippen MR) is 132 cm³/mol. The summed E-state index contributed by atoms with van der Waals surface area (Å²) in [6.45, 7) is 2.25. The van der Waals surface area contributed by atoms with Crippen molar-refractivity contribution < 1.29 is 28.7 Å². The molecule has 2 aliphatic carbocycles. The van der Waals surface area contributed by atoms with Crippen LogP contribution in [0.25, 0.3) is 21.5 Å². The summed E-state index contributed by atoms with van der Waals surface area (Å²) in [5.74, 6) is -0.771. The van der Waals surface area contributed by atoms with Gasteiger partial charge in [0.2, 0.25) is 0 Å². The molecule has 2 aromatic carbocycles. The summed E-state index contributed by atoms with van der Waals surface area (Å²) in [7, 11) is 0. The highest BCUT2D eigenvalue weighted by Crippen LogP contribution is 2.48. The summed E-state index contributed by atoms with van der Waals surface area (Å²) in [4.78, 5) is 15.5. The zero-order valence-electron chi connectivity index (χ0n) is 19.3. The molecule has 2 heterocycles. The Morgan fingerprint density at radius 2 is 2.11 bits per heavy atom. The third-order valence-corrected chi connectivity index (χ3v) is 8.42. The van der Waals surface area contributed by atoms with Crippen LogP contribution in [-0.2, 0) is 16.9 Å². The Morgan fingerprint density at radius 1 is 1.33 bits per heavy atom. The number of carboxylic acid groups (broad SMARTS) is 1. The van der Waals surface area contributed by atoms with Crippen LogP contribution in [-0.4, -0.2) is 32.4 Å². The Balaban J connectivity index is 1.20. The Hall–Kier alpha value is -2.85. The minimum Gasteiger partial charge on any atom is -0.478 e. The molecule has 10 heteroatoms. The molecule has 0 radical (unpaired) electrons. The number of aryl methyl sites for hydroxylation is 1. The molecule has 0 aliphatic heterocycles. The van der Waals surface area contributed by atoms with E-state index in [-0.39, 0.29) is 23.8 Å². The van der Waals surface area contributed by atoms with Gasteiger partial charge in [0, 0.05) is 29.9 Å². The minimum absolute atomic E-state index is 0.0658. The van der Waals surface area contributed by atoms with Crippen molar-refractivity contribution in [3.05, 3.63) is 68.6 Å². The second kappa shape index (κ2) is 8.62. The Labute approximate surface area is 214 Å². The van der Waals surface area contributed by atoms with E-state index in [2.05, 4.69) is 10.1 Å². The van der Waals surface area contributed by atoms with E-state index in [0.717, 1.165) is 52.7 Å². The van der Waals surface area contributed by atoms with Crippen molar-refractivity contribution in [2.45, 2.75) is 56.8 Å². The van der Waals surface area contributed by atoms with Gasteiger partial charge < -0.3 is 19.5 Å². The van der Waals surface area contributed by atoms with Gasteiger partial charge in [-0.25, -0.2) is 14.2 Å². The number of thiazole rings is 1. The number of aromatic carboxylic acids is 1. The van der Waals surface area contributed by atoms with E-state index in [0.29, 0.717) is 39.2 Å². The maximum Gasteiger partial charge on any atom is 0.335 e. The molecule has 0 amide bonds. The molecule has 7 nitrogen and oxygen atoms in total. The summed E-state index contributed by atoms with van der Waals surface area (Å²) in [5.41, 5.74) is 2.05. The van der Waals surface area contributed by atoms with E-state index in [1.807, 2.05) is 25.1 Å². The fraction of sp³-hybridized carbons (Fsp3) is 0.346. The molecule has 4 aromatic rings. The zero-order valence-corrected chi connectivity index (χ0v) is 20.8. The topological polar surface area (TPSA) is 106 Å². The molecule has 0 unspecified atom stereocenters. The van der Waals surface area contributed by atoms with Gasteiger partial charge in [-0.3, -0.25) is 0 Å². The van der Waals surface area contributed by atoms with Crippen LogP contribution in [0.15, 0.2) is 34.9 Å². The number of benzene rings is 2. The number of aliphatic hydroxyl groups is 1. The van der Waals surface area contributed by atoms with Crippen LogP contribution in [0.1, 0.15) is 63.9 Å². The SMILES string of the molecule is Cc1cccc(Cl)c1-c1noc(C2CC2)c1COC1CC(O)(c2nc3c(F)cc(C(=O)O)cc3s2)C1. The maximum absolute atomic E-state index is 14.4. The van der Waals surface area contributed by atoms with Crippen LogP contribution in [0.2, 0.25) is 5.02 Å². The lowest BCUT2D eigenvalue weighted by atomic mass is 9.78. The molecule has 0 bridgehead atoms. The van der Waals surface area contributed by atoms with Crippen LogP contribution in [0.5, 0.6) is 0 Å². The van der Waals surface area contributed by atoms with Gasteiger partial charge in [-0.2, -0.15) is 0 Å². The summed E-state index contributed by atoms with van der Waals surface area (Å²) in [5, 5.41) is 25.6. The quantitative estimate of drug-likeness (QED) is 0.294. The summed E-state index contributed by atoms with van der Waals surface area (Å²) in [6.07, 6.45) is 2.45. The first-order chi connectivity index (χ1) is 17.2. The molecule has 186 valence electrons. The summed E-state index contributed by atoms with van der Waals surface area (Å²) in [6, 6.07) is 8.02. The van der Waals surface area contributed by atoms with Gasteiger partial charge in [-0.05, 0) is 43.5 Å². The lowest BCUT2D eigenvalue weighted by Crippen LogP contribution is -2.45. The molecular formula is C26H22ClFN2O5S. The van der Waals surface area contributed by atoms with Crippen LogP contribution in [0.4, 0.5) is 4.39 Å². The monoisotopic (exact) mass is 528 g/mol. The number of ether oxygens (including phenoxy) is 1. The van der Waals surface area contributed by atoms with E-state index in [1.165, 1.54) is 6.07 Å². The van der Waals surface area contributed by atoms with Gasteiger partial charge in [0.15, 0.2) is 5.82 Å². The van der Waals surface area contributed by atoms with Crippen LogP contribution in [0.3, 0.4) is 0 Å². The fourth-order valence-electron chi connectivity index (χ4n) is 4.75. The summed E-state index contributed by atoms with van der Waals surface area (Å²) >= 11 is 7.60. The largest absolute Gasteiger partial charge is 0.478 e. The smallest absolute Gasteiger partial charge is 0.335 e. The average molecular weight is 529 g/mol. The van der Waals surface area contributed by atoms with Gasteiger partial charge in [0.1, 0.15) is 27.6 Å². The standard InChI is InChI=1S/C26H22ClFN2O5S/c1-12-3-2-4-17(27)20(12)21-16(23(35-30-21)13-5-6-13)11-34-15-9-26(33,10-15)25-29-22-18(28)7-14(24(31)32)8-19(22)36-25/h2-4,7-8,13,15,33H,5-6,9-11H2,1H3,(H,31,32). The van der Waals surface area contributed by atoms with Crippen molar-refractivity contribution >= 4 is 39.1 Å². The highest BCUT2D eigenvalue weighted by Gasteiger charge is 2.47. The number of rotatable bonds is 7. The first-order valence-electron chi connectivity index (χ1n) is 11.7. The van der Waals surface area contributed by atoms with E-state index in [1.54, 1.807) is 0 Å². The number of hydrogen-bond donors (Lipinski definition) is 2. The van der Waals surface area contributed by atoms with Crippen molar-refractivity contribution in [2.75, 3.05) is 0 Å². The number of halogens is 2. The second-order valence-electron chi connectivity index (χ2n) is 9.58. The zero-order chi connectivity index (χ0) is 25.2. The van der Waals surface area contributed by atoms with E-state index >= 15 is 0 Å². The molecule has 6 rings (SSSR count). The van der Waals surface area contributed by atoms with Gasteiger partial charge >= 0.3 is 5.97 Å². The fourth-order valence-corrected chi connectivity index (χ4v) is 6.19. The van der Waals surface area contributed by atoms with Gasteiger partial charge in [-0.1, -0.05) is 28.9 Å². The Bertz CT molecular complexity index is 1490. The number of fused-ring (bicyclic) bond motifs is 1. The lowest BCUT2D eigenvalue weighted by molar-refractivity contribution is -0.149. The molecule has 2 fully saturated rings. The molecular weight excluding hydrogens is 507 g/mol. The third kappa shape index (κ3) is 4.00. The number of hydrogen-bond acceptors (Lipinski definition) is 7. The number of carboxylic acids is 1. The molecule has 0 atom stereocenters. The van der Waals surface area contributed by atoms with Crippen LogP contribution >= 0.6 is 22.9 Å². The van der Waals surface area contributed by atoms with Gasteiger partial charge in [-0.15, -0.1) is 11.3 Å².